The van der Waals surface area contributed by atoms with Gasteiger partial charge in [0.15, 0.2) is 5.78 Å². The summed E-state index contributed by atoms with van der Waals surface area (Å²) in [7, 11) is 0. The molecule has 0 aromatic heterocycles. The van der Waals surface area contributed by atoms with Crippen LogP contribution in [0.4, 0.5) is 14.9 Å². The number of halogens is 2. The normalized spacial score (nSPS) is 17.2. The Morgan fingerprint density at radius 1 is 1.16 bits per heavy atom. The number of Topliss-reactive ketones (excluding diaryl/α,β-unsaturated/α-hetero) is 1. The van der Waals surface area contributed by atoms with Crippen molar-refractivity contribution in [3.05, 3.63) is 64.9 Å². The predicted octanol–water partition coefficient (Wildman–Crippen LogP) is 4.61. The molecule has 1 aliphatic rings. The molecule has 4 nitrogen and oxygen atoms in total. The zero-order chi connectivity index (χ0) is 17.8. The second kappa shape index (κ2) is 7.66. The van der Waals surface area contributed by atoms with E-state index in [0.29, 0.717) is 29.4 Å². The summed E-state index contributed by atoms with van der Waals surface area (Å²) in [6, 6.07) is 12.2. The standard InChI is InChI=1S/C19H18ClFN2O2/c20-15-5-1-3-13(11-15)18(24)14-4-2-10-23(12-14)19(25)22-17-8-6-16(21)7-9-17/h1,3,5-9,11,14H,2,4,10,12H2,(H,22,25)/t14-/m1/s1. The van der Waals surface area contributed by atoms with Crippen LogP contribution in [0.15, 0.2) is 48.5 Å². The van der Waals surface area contributed by atoms with Gasteiger partial charge in [-0.05, 0) is 49.2 Å². The molecule has 2 amide bonds. The summed E-state index contributed by atoms with van der Waals surface area (Å²) < 4.78 is 12.9. The lowest BCUT2D eigenvalue weighted by Gasteiger charge is -2.32. The first kappa shape index (κ1) is 17.4. The van der Waals surface area contributed by atoms with Crippen molar-refractivity contribution in [3.8, 4) is 0 Å². The number of hydrogen-bond acceptors (Lipinski definition) is 2. The van der Waals surface area contributed by atoms with E-state index < -0.39 is 0 Å². The summed E-state index contributed by atoms with van der Waals surface area (Å²) in [6.45, 7) is 0.949. The minimum Gasteiger partial charge on any atom is -0.324 e. The van der Waals surface area contributed by atoms with Gasteiger partial charge in [-0.3, -0.25) is 4.79 Å². The van der Waals surface area contributed by atoms with Crippen molar-refractivity contribution in [3.63, 3.8) is 0 Å². The molecule has 0 spiro atoms. The van der Waals surface area contributed by atoms with Crippen LogP contribution in [-0.4, -0.2) is 29.8 Å². The van der Waals surface area contributed by atoms with Crippen molar-refractivity contribution in [1.82, 2.24) is 4.90 Å². The molecule has 2 aromatic carbocycles. The van der Waals surface area contributed by atoms with E-state index >= 15 is 0 Å². The van der Waals surface area contributed by atoms with Crippen LogP contribution in [0.3, 0.4) is 0 Å². The van der Waals surface area contributed by atoms with E-state index in [1.165, 1.54) is 24.3 Å². The van der Waals surface area contributed by atoms with Crippen LogP contribution in [0.25, 0.3) is 0 Å². The van der Waals surface area contributed by atoms with Gasteiger partial charge in [0.2, 0.25) is 0 Å². The van der Waals surface area contributed by atoms with Crippen molar-refractivity contribution in [2.75, 3.05) is 18.4 Å². The summed E-state index contributed by atoms with van der Waals surface area (Å²) in [5.41, 5.74) is 1.09. The van der Waals surface area contributed by atoms with E-state index in [2.05, 4.69) is 5.32 Å². The Kier molecular flexibility index (Phi) is 5.34. The number of piperidine rings is 1. The SMILES string of the molecule is O=C(c1cccc(Cl)c1)[C@@H]1CCCN(C(=O)Nc2ccc(F)cc2)C1. The molecule has 0 saturated carbocycles. The molecule has 1 atom stereocenters. The number of rotatable bonds is 3. The summed E-state index contributed by atoms with van der Waals surface area (Å²) in [4.78, 5) is 26.7. The number of nitrogens with one attached hydrogen (secondary N) is 1. The van der Waals surface area contributed by atoms with Gasteiger partial charge in [0.1, 0.15) is 5.82 Å². The second-order valence-electron chi connectivity index (χ2n) is 6.10. The van der Waals surface area contributed by atoms with E-state index in [1.807, 2.05) is 0 Å². The summed E-state index contributed by atoms with van der Waals surface area (Å²) >= 11 is 5.95. The van der Waals surface area contributed by atoms with E-state index in [0.717, 1.165) is 12.8 Å². The Morgan fingerprint density at radius 3 is 2.64 bits per heavy atom. The molecule has 6 heteroatoms. The van der Waals surface area contributed by atoms with Crippen molar-refractivity contribution in [1.29, 1.82) is 0 Å². The predicted molar refractivity (Wildman–Crippen MR) is 95.5 cm³/mol. The molecule has 1 fully saturated rings. The van der Waals surface area contributed by atoms with E-state index in [4.69, 9.17) is 11.6 Å². The molecular weight excluding hydrogens is 343 g/mol. The maximum Gasteiger partial charge on any atom is 0.321 e. The van der Waals surface area contributed by atoms with Crippen molar-refractivity contribution < 1.29 is 14.0 Å². The number of anilines is 1. The molecule has 0 bridgehead atoms. The van der Waals surface area contributed by atoms with Crippen LogP contribution in [0, 0.1) is 11.7 Å². The minimum absolute atomic E-state index is 0.00165. The fourth-order valence-electron chi connectivity index (χ4n) is 2.99. The lowest BCUT2D eigenvalue weighted by molar-refractivity contribution is 0.0851. The highest BCUT2D eigenvalue weighted by Crippen LogP contribution is 2.23. The van der Waals surface area contributed by atoms with Gasteiger partial charge in [-0.1, -0.05) is 23.7 Å². The third kappa shape index (κ3) is 4.37. The Labute approximate surface area is 150 Å². The first-order valence-electron chi connectivity index (χ1n) is 8.14. The highest BCUT2D eigenvalue weighted by atomic mass is 35.5. The second-order valence-corrected chi connectivity index (χ2v) is 6.53. The van der Waals surface area contributed by atoms with Crippen LogP contribution in [-0.2, 0) is 0 Å². The first-order valence-corrected chi connectivity index (χ1v) is 8.52. The highest BCUT2D eigenvalue weighted by molar-refractivity contribution is 6.31. The Hall–Kier alpha value is -2.40. The number of benzene rings is 2. The van der Waals surface area contributed by atoms with Gasteiger partial charge in [-0.2, -0.15) is 0 Å². The lowest BCUT2D eigenvalue weighted by Crippen LogP contribution is -2.44. The summed E-state index contributed by atoms with van der Waals surface area (Å²) in [5, 5.41) is 3.26. The van der Waals surface area contributed by atoms with Crippen LogP contribution < -0.4 is 5.32 Å². The highest BCUT2D eigenvalue weighted by Gasteiger charge is 2.29. The molecular formula is C19H18ClFN2O2. The molecule has 0 radical (unpaired) electrons. The fraction of sp³-hybridized carbons (Fsp3) is 0.263. The number of amides is 2. The van der Waals surface area contributed by atoms with E-state index in [-0.39, 0.29) is 23.5 Å². The quantitative estimate of drug-likeness (QED) is 0.813. The Balaban J connectivity index is 1.65. The van der Waals surface area contributed by atoms with Crippen molar-refractivity contribution >= 4 is 29.1 Å². The smallest absolute Gasteiger partial charge is 0.321 e. The van der Waals surface area contributed by atoms with Gasteiger partial charge in [0.05, 0.1) is 0 Å². The third-order valence-electron chi connectivity index (χ3n) is 4.28. The lowest BCUT2D eigenvalue weighted by atomic mass is 9.90. The van der Waals surface area contributed by atoms with Gasteiger partial charge in [-0.15, -0.1) is 0 Å². The Bertz CT molecular complexity index is 779. The van der Waals surface area contributed by atoms with Crippen molar-refractivity contribution in [2.24, 2.45) is 5.92 Å². The van der Waals surface area contributed by atoms with Gasteiger partial charge in [0.25, 0.3) is 0 Å². The van der Waals surface area contributed by atoms with Crippen LogP contribution in [0.5, 0.6) is 0 Å². The molecule has 0 aliphatic carbocycles. The fourth-order valence-corrected chi connectivity index (χ4v) is 3.18. The molecule has 1 saturated heterocycles. The Morgan fingerprint density at radius 2 is 1.92 bits per heavy atom. The third-order valence-corrected chi connectivity index (χ3v) is 4.52. The topological polar surface area (TPSA) is 49.4 Å². The molecule has 25 heavy (non-hydrogen) atoms. The zero-order valence-corrected chi connectivity index (χ0v) is 14.3. The maximum atomic E-state index is 12.9. The maximum absolute atomic E-state index is 12.9. The number of carbonyl (C=O) groups excluding carboxylic acids is 2. The van der Waals surface area contributed by atoms with Gasteiger partial charge in [0, 0.05) is 35.3 Å². The van der Waals surface area contributed by atoms with Crippen LogP contribution in [0.2, 0.25) is 5.02 Å². The molecule has 2 aromatic rings. The van der Waals surface area contributed by atoms with E-state index in [1.54, 1.807) is 29.2 Å². The summed E-state index contributed by atoms with van der Waals surface area (Å²) in [6.07, 6.45) is 1.50. The minimum atomic E-state index is -0.358. The summed E-state index contributed by atoms with van der Waals surface area (Å²) in [5.74, 6) is -0.601. The molecule has 0 unspecified atom stereocenters. The monoisotopic (exact) mass is 360 g/mol. The van der Waals surface area contributed by atoms with Gasteiger partial charge < -0.3 is 10.2 Å². The number of ketones is 1. The van der Waals surface area contributed by atoms with Crippen LogP contribution in [0.1, 0.15) is 23.2 Å². The van der Waals surface area contributed by atoms with E-state index in [9.17, 15) is 14.0 Å². The molecule has 1 aliphatic heterocycles. The average molecular weight is 361 g/mol. The largest absolute Gasteiger partial charge is 0.324 e. The number of hydrogen-bond donors (Lipinski definition) is 1. The van der Waals surface area contributed by atoms with Crippen molar-refractivity contribution in [2.45, 2.75) is 12.8 Å². The van der Waals surface area contributed by atoms with Gasteiger partial charge in [-0.25, -0.2) is 9.18 Å². The molecule has 130 valence electrons. The molecule has 1 heterocycles. The average Bonchev–Trinajstić information content (AvgIpc) is 2.63. The number of carbonyl (C=O) groups is 2. The molecule has 3 rings (SSSR count). The number of likely N-dealkylation sites (tertiary alicyclic amines) is 1. The number of urea groups is 1. The van der Waals surface area contributed by atoms with Crippen LogP contribution >= 0.6 is 11.6 Å². The number of nitrogens with zero attached hydrogens (tertiary/aromatic N) is 1. The zero-order valence-electron chi connectivity index (χ0n) is 13.5. The van der Waals surface area contributed by atoms with Gasteiger partial charge >= 0.3 is 6.03 Å². The first-order chi connectivity index (χ1) is 12.0. The molecule has 1 N–H and O–H groups in total.